The SMILES string of the molecule is CCC1SCCSC1c1nc(C(C)C)c(CNC2CC2)s1. The lowest BCUT2D eigenvalue weighted by Gasteiger charge is -2.28. The van der Waals surface area contributed by atoms with Gasteiger partial charge in [0.2, 0.25) is 0 Å². The summed E-state index contributed by atoms with van der Waals surface area (Å²) >= 11 is 6.25. The zero-order chi connectivity index (χ0) is 14.8. The van der Waals surface area contributed by atoms with Gasteiger partial charge in [-0.3, -0.25) is 0 Å². The third-order valence-electron chi connectivity index (χ3n) is 4.12. The molecule has 1 saturated heterocycles. The minimum atomic E-state index is 0.535. The van der Waals surface area contributed by atoms with E-state index in [1.165, 1.54) is 46.3 Å². The van der Waals surface area contributed by atoms with Crippen molar-refractivity contribution in [2.75, 3.05) is 11.5 Å². The van der Waals surface area contributed by atoms with Crippen molar-refractivity contribution in [2.24, 2.45) is 0 Å². The summed E-state index contributed by atoms with van der Waals surface area (Å²) in [7, 11) is 0. The van der Waals surface area contributed by atoms with Gasteiger partial charge < -0.3 is 5.32 Å². The van der Waals surface area contributed by atoms with Crippen molar-refractivity contribution in [3.05, 3.63) is 15.6 Å². The maximum absolute atomic E-state index is 5.07. The molecule has 21 heavy (non-hydrogen) atoms. The minimum absolute atomic E-state index is 0.535. The van der Waals surface area contributed by atoms with E-state index in [1.807, 2.05) is 11.3 Å². The predicted molar refractivity (Wildman–Crippen MR) is 97.8 cm³/mol. The van der Waals surface area contributed by atoms with Crippen LogP contribution in [0.2, 0.25) is 0 Å². The fourth-order valence-corrected chi connectivity index (χ4v) is 7.33. The molecule has 1 N–H and O–H groups in total. The van der Waals surface area contributed by atoms with Crippen molar-refractivity contribution in [3.8, 4) is 0 Å². The fraction of sp³-hybridized carbons (Fsp3) is 0.812. The number of rotatable bonds is 6. The van der Waals surface area contributed by atoms with Crippen molar-refractivity contribution >= 4 is 34.9 Å². The average Bonchev–Trinajstić information content (AvgIpc) is 3.22. The third kappa shape index (κ3) is 3.98. The molecule has 2 fully saturated rings. The lowest BCUT2D eigenvalue weighted by molar-refractivity contribution is 0.680. The maximum Gasteiger partial charge on any atom is 0.107 e. The first-order valence-electron chi connectivity index (χ1n) is 8.15. The van der Waals surface area contributed by atoms with Gasteiger partial charge in [0.05, 0.1) is 10.9 Å². The van der Waals surface area contributed by atoms with Crippen molar-refractivity contribution < 1.29 is 0 Å². The van der Waals surface area contributed by atoms with Gasteiger partial charge in [-0.05, 0) is 25.2 Å². The van der Waals surface area contributed by atoms with Crippen LogP contribution in [-0.2, 0) is 6.54 Å². The molecule has 1 aromatic rings. The first-order valence-corrected chi connectivity index (χ1v) is 11.1. The molecule has 1 aliphatic carbocycles. The Balaban J connectivity index is 1.78. The van der Waals surface area contributed by atoms with E-state index in [4.69, 9.17) is 4.98 Å². The van der Waals surface area contributed by atoms with E-state index >= 15 is 0 Å². The number of thioether (sulfide) groups is 2. The average molecular weight is 343 g/mol. The highest BCUT2D eigenvalue weighted by molar-refractivity contribution is 8.06. The summed E-state index contributed by atoms with van der Waals surface area (Å²) in [6.07, 6.45) is 3.97. The Kier molecular flexibility index (Phi) is 5.57. The standard InChI is InChI=1S/C16H26N2S3/c1-4-12-15(20-8-7-19-12)16-18-14(10(2)3)13(21-16)9-17-11-5-6-11/h10-12,15,17H,4-9H2,1-3H3. The smallest absolute Gasteiger partial charge is 0.107 e. The highest BCUT2D eigenvalue weighted by atomic mass is 32.2. The Morgan fingerprint density at radius 3 is 2.67 bits per heavy atom. The second kappa shape index (κ2) is 7.24. The minimum Gasteiger partial charge on any atom is -0.309 e. The molecule has 0 radical (unpaired) electrons. The van der Waals surface area contributed by atoms with Crippen LogP contribution in [-0.4, -0.2) is 27.8 Å². The van der Waals surface area contributed by atoms with Crippen LogP contribution >= 0.6 is 34.9 Å². The zero-order valence-electron chi connectivity index (χ0n) is 13.2. The molecule has 0 spiro atoms. The van der Waals surface area contributed by atoms with E-state index in [0.29, 0.717) is 11.2 Å². The van der Waals surface area contributed by atoms with E-state index in [-0.39, 0.29) is 0 Å². The molecule has 2 aliphatic rings. The highest BCUT2D eigenvalue weighted by Gasteiger charge is 2.30. The van der Waals surface area contributed by atoms with Gasteiger partial charge in [0.15, 0.2) is 0 Å². The van der Waals surface area contributed by atoms with E-state index < -0.39 is 0 Å². The molecule has 2 atom stereocenters. The number of thiazole rings is 1. The zero-order valence-corrected chi connectivity index (χ0v) is 15.7. The largest absolute Gasteiger partial charge is 0.309 e. The third-order valence-corrected chi connectivity index (χ3v) is 8.67. The van der Waals surface area contributed by atoms with Crippen molar-refractivity contribution in [3.63, 3.8) is 0 Å². The molecule has 2 heterocycles. The summed E-state index contributed by atoms with van der Waals surface area (Å²) in [6, 6.07) is 0.776. The summed E-state index contributed by atoms with van der Waals surface area (Å²) in [5.74, 6) is 3.11. The first-order chi connectivity index (χ1) is 10.2. The lowest BCUT2D eigenvalue weighted by atomic mass is 10.1. The van der Waals surface area contributed by atoms with E-state index in [2.05, 4.69) is 49.6 Å². The van der Waals surface area contributed by atoms with Gasteiger partial charge in [0.1, 0.15) is 5.01 Å². The number of nitrogens with zero attached hydrogens (tertiary/aromatic N) is 1. The van der Waals surface area contributed by atoms with Gasteiger partial charge >= 0.3 is 0 Å². The van der Waals surface area contributed by atoms with Gasteiger partial charge in [0.25, 0.3) is 0 Å². The summed E-state index contributed by atoms with van der Waals surface area (Å²) in [4.78, 5) is 6.56. The van der Waals surface area contributed by atoms with Gasteiger partial charge in [0, 0.05) is 34.2 Å². The quantitative estimate of drug-likeness (QED) is 0.801. The Morgan fingerprint density at radius 1 is 1.24 bits per heavy atom. The van der Waals surface area contributed by atoms with Crippen LogP contribution in [0, 0.1) is 0 Å². The van der Waals surface area contributed by atoms with Crippen molar-refractivity contribution in [1.82, 2.24) is 10.3 Å². The Hall–Kier alpha value is 0.290. The van der Waals surface area contributed by atoms with Gasteiger partial charge in [-0.25, -0.2) is 4.98 Å². The van der Waals surface area contributed by atoms with Crippen molar-refractivity contribution in [1.29, 1.82) is 0 Å². The Bertz CT molecular complexity index is 468. The lowest BCUT2D eigenvalue weighted by Crippen LogP contribution is -2.18. The molecule has 1 saturated carbocycles. The molecule has 0 aromatic carbocycles. The highest BCUT2D eigenvalue weighted by Crippen LogP contribution is 2.46. The molecule has 5 heteroatoms. The molecule has 0 amide bonds. The molecule has 1 aromatic heterocycles. The molecule has 3 rings (SSSR count). The van der Waals surface area contributed by atoms with Gasteiger partial charge in [-0.15, -0.1) is 23.1 Å². The van der Waals surface area contributed by atoms with Crippen LogP contribution < -0.4 is 5.32 Å². The number of hydrogen-bond donors (Lipinski definition) is 1. The Labute approximate surface area is 141 Å². The van der Waals surface area contributed by atoms with Gasteiger partial charge in [-0.2, -0.15) is 11.8 Å². The van der Waals surface area contributed by atoms with Gasteiger partial charge in [-0.1, -0.05) is 20.8 Å². The molecule has 118 valence electrons. The number of aromatic nitrogens is 1. The monoisotopic (exact) mass is 342 g/mol. The fourth-order valence-electron chi connectivity index (χ4n) is 2.74. The molecule has 2 unspecified atom stereocenters. The summed E-state index contributed by atoms with van der Waals surface area (Å²) in [5, 5.41) is 6.42. The number of hydrogen-bond acceptors (Lipinski definition) is 5. The molecular weight excluding hydrogens is 316 g/mol. The van der Waals surface area contributed by atoms with E-state index in [0.717, 1.165) is 17.8 Å². The second-order valence-electron chi connectivity index (χ2n) is 6.28. The summed E-state index contributed by atoms with van der Waals surface area (Å²) in [5.41, 5.74) is 1.34. The molecule has 2 nitrogen and oxygen atoms in total. The van der Waals surface area contributed by atoms with Crippen LogP contribution in [0.5, 0.6) is 0 Å². The maximum atomic E-state index is 5.07. The van der Waals surface area contributed by atoms with Crippen molar-refractivity contribution in [2.45, 2.75) is 69.0 Å². The van der Waals surface area contributed by atoms with E-state index in [1.54, 1.807) is 0 Å². The van der Waals surface area contributed by atoms with Crippen LogP contribution in [0.4, 0.5) is 0 Å². The first kappa shape index (κ1) is 16.2. The van der Waals surface area contributed by atoms with Crippen LogP contribution in [0.15, 0.2) is 0 Å². The predicted octanol–water partition coefficient (Wildman–Crippen LogP) is 4.82. The topological polar surface area (TPSA) is 24.9 Å². The van der Waals surface area contributed by atoms with Crippen LogP contribution in [0.25, 0.3) is 0 Å². The molecule has 0 bridgehead atoms. The molecule has 1 aliphatic heterocycles. The van der Waals surface area contributed by atoms with Crippen LogP contribution in [0.3, 0.4) is 0 Å². The second-order valence-corrected chi connectivity index (χ2v) is 9.99. The number of nitrogens with one attached hydrogen (secondary N) is 1. The Morgan fingerprint density at radius 2 is 2.00 bits per heavy atom. The normalized spacial score (nSPS) is 26.5. The summed E-state index contributed by atoms with van der Waals surface area (Å²) in [6.45, 7) is 7.90. The molecular formula is C16H26N2S3. The van der Waals surface area contributed by atoms with E-state index in [9.17, 15) is 0 Å². The van der Waals surface area contributed by atoms with Crippen LogP contribution in [0.1, 0.15) is 66.8 Å². The summed E-state index contributed by atoms with van der Waals surface area (Å²) < 4.78 is 0.